The van der Waals surface area contributed by atoms with E-state index in [0.717, 1.165) is 0 Å². The van der Waals surface area contributed by atoms with Gasteiger partial charge in [-0.15, -0.1) is 11.3 Å². The van der Waals surface area contributed by atoms with E-state index in [4.69, 9.17) is 15.3 Å². The number of ether oxygens (including phenoxy) is 1. The van der Waals surface area contributed by atoms with Gasteiger partial charge in [-0.25, -0.2) is 4.79 Å². The molecule has 0 aliphatic carbocycles. The van der Waals surface area contributed by atoms with E-state index in [2.05, 4.69) is 5.32 Å². The minimum absolute atomic E-state index is 0.192. The zero-order valence-corrected chi connectivity index (χ0v) is 12.9. The molecule has 1 N–H and O–H groups in total. The molecule has 23 heavy (non-hydrogen) atoms. The maximum Gasteiger partial charge on any atom is 0.338 e. The van der Waals surface area contributed by atoms with Crippen LogP contribution < -0.4 is 5.32 Å². The second-order valence-corrected chi connectivity index (χ2v) is 5.42. The maximum absolute atomic E-state index is 12.0. The molecule has 0 spiro atoms. The summed E-state index contributed by atoms with van der Waals surface area (Å²) in [5, 5.41) is 22.3. The Morgan fingerprint density at radius 3 is 2.74 bits per heavy atom. The van der Waals surface area contributed by atoms with Crippen molar-refractivity contribution < 1.29 is 14.3 Å². The lowest BCUT2D eigenvalue weighted by atomic mass is 10.1. The van der Waals surface area contributed by atoms with Crippen LogP contribution >= 0.6 is 11.3 Å². The van der Waals surface area contributed by atoms with E-state index < -0.39 is 18.0 Å². The third kappa shape index (κ3) is 3.94. The van der Waals surface area contributed by atoms with Gasteiger partial charge in [0.05, 0.1) is 22.8 Å². The summed E-state index contributed by atoms with van der Waals surface area (Å²) in [4.78, 5) is 24.0. The summed E-state index contributed by atoms with van der Waals surface area (Å²) in [7, 11) is 0. The summed E-state index contributed by atoms with van der Waals surface area (Å²) in [5.74, 6) is -1.23. The Bertz CT molecular complexity index is 830. The van der Waals surface area contributed by atoms with E-state index >= 15 is 0 Å². The molecule has 0 unspecified atom stereocenters. The van der Waals surface area contributed by atoms with E-state index in [-0.39, 0.29) is 5.56 Å². The van der Waals surface area contributed by atoms with Gasteiger partial charge in [-0.05, 0) is 36.6 Å². The second kappa shape index (κ2) is 7.21. The van der Waals surface area contributed by atoms with Crippen molar-refractivity contribution in [1.82, 2.24) is 0 Å². The minimum atomic E-state index is -1.04. The van der Waals surface area contributed by atoms with Crippen molar-refractivity contribution in [2.75, 3.05) is 5.32 Å². The van der Waals surface area contributed by atoms with Crippen molar-refractivity contribution in [3.05, 3.63) is 52.4 Å². The molecule has 2 aromatic rings. The Hall–Kier alpha value is -3.16. The van der Waals surface area contributed by atoms with Crippen molar-refractivity contribution in [2.45, 2.75) is 13.0 Å². The number of esters is 1. The number of thiophene rings is 1. The lowest BCUT2D eigenvalue weighted by Crippen LogP contribution is -2.29. The molecule has 7 heteroatoms. The first-order valence-corrected chi connectivity index (χ1v) is 7.42. The molecule has 1 heterocycles. The molecule has 114 valence electrons. The number of hydrogen-bond donors (Lipinski definition) is 1. The number of nitrogens with zero attached hydrogens (tertiary/aromatic N) is 2. The number of anilines is 1. The van der Waals surface area contributed by atoms with Crippen LogP contribution in [0, 0.1) is 22.7 Å². The normalized spacial score (nSPS) is 10.9. The molecule has 0 aliphatic rings. The van der Waals surface area contributed by atoms with E-state index in [9.17, 15) is 9.59 Å². The number of carbonyl (C=O) groups excluding carboxylic acids is 2. The first-order valence-electron chi connectivity index (χ1n) is 6.54. The summed E-state index contributed by atoms with van der Waals surface area (Å²) in [6.07, 6.45) is -1.04. The predicted molar refractivity (Wildman–Crippen MR) is 83.7 cm³/mol. The Labute approximate surface area is 136 Å². The summed E-state index contributed by atoms with van der Waals surface area (Å²) in [6, 6.07) is 11.5. The van der Waals surface area contributed by atoms with Gasteiger partial charge in [0.1, 0.15) is 11.1 Å². The third-order valence-corrected chi connectivity index (χ3v) is 3.73. The van der Waals surface area contributed by atoms with Crippen molar-refractivity contribution in [1.29, 1.82) is 10.5 Å². The molecule has 0 radical (unpaired) electrons. The monoisotopic (exact) mass is 325 g/mol. The molecule has 1 aromatic heterocycles. The second-order valence-electron chi connectivity index (χ2n) is 4.50. The minimum Gasteiger partial charge on any atom is -0.449 e. The lowest BCUT2D eigenvalue weighted by molar-refractivity contribution is -0.123. The highest BCUT2D eigenvalue weighted by Crippen LogP contribution is 2.22. The first kappa shape index (κ1) is 16.2. The summed E-state index contributed by atoms with van der Waals surface area (Å²) in [6.45, 7) is 1.43. The zero-order chi connectivity index (χ0) is 16.8. The van der Waals surface area contributed by atoms with Crippen molar-refractivity contribution in [3.63, 3.8) is 0 Å². The Balaban J connectivity index is 2.02. The fourth-order valence-electron chi connectivity index (χ4n) is 1.71. The highest BCUT2D eigenvalue weighted by atomic mass is 32.1. The number of carbonyl (C=O) groups is 2. The van der Waals surface area contributed by atoms with Crippen LogP contribution in [0.5, 0.6) is 0 Å². The average Bonchev–Trinajstić information content (AvgIpc) is 3.01. The number of hydrogen-bond acceptors (Lipinski definition) is 6. The van der Waals surface area contributed by atoms with Gasteiger partial charge in [0.15, 0.2) is 6.10 Å². The average molecular weight is 325 g/mol. The molecule has 1 aromatic carbocycles. The molecule has 0 saturated carbocycles. The SMILES string of the molecule is C[C@H](OC(=O)c1cccc(C#N)c1)C(=O)Nc1sccc1C#N. The predicted octanol–water partition coefficient (Wildman–Crippen LogP) is 2.68. The van der Waals surface area contributed by atoms with Crippen molar-refractivity contribution in [3.8, 4) is 12.1 Å². The highest BCUT2D eigenvalue weighted by Gasteiger charge is 2.20. The van der Waals surface area contributed by atoms with E-state index in [0.29, 0.717) is 16.1 Å². The third-order valence-electron chi connectivity index (χ3n) is 2.90. The summed E-state index contributed by atoms with van der Waals surface area (Å²) < 4.78 is 5.08. The van der Waals surface area contributed by atoms with Gasteiger partial charge in [-0.1, -0.05) is 6.07 Å². The number of nitriles is 2. The lowest BCUT2D eigenvalue weighted by Gasteiger charge is -2.13. The number of benzene rings is 1. The van der Waals surface area contributed by atoms with Gasteiger partial charge < -0.3 is 10.1 Å². The van der Waals surface area contributed by atoms with E-state index in [1.54, 1.807) is 23.6 Å². The van der Waals surface area contributed by atoms with E-state index in [1.165, 1.54) is 30.4 Å². The molecular formula is C16H11N3O3S. The number of amides is 1. The Morgan fingerprint density at radius 2 is 2.04 bits per heavy atom. The Kier molecular flexibility index (Phi) is 5.08. The molecule has 2 rings (SSSR count). The zero-order valence-electron chi connectivity index (χ0n) is 12.1. The summed E-state index contributed by atoms with van der Waals surface area (Å²) in [5.41, 5.74) is 0.870. The number of nitrogens with one attached hydrogen (secondary N) is 1. The van der Waals surface area contributed by atoms with Gasteiger partial charge in [-0.3, -0.25) is 4.79 Å². The van der Waals surface area contributed by atoms with E-state index in [1.807, 2.05) is 12.1 Å². The fraction of sp³-hybridized carbons (Fsp3) is 0.125. The molecule has 6 nitrogen and oxygen atoms in total. The van der Waals surface area contributed by atoms with Crippen LogP contribution in [0.1, 0.15) is 28.4 Å². The first-order chi connectivity index (χ1) is 11.0. The van der Waals surface area contributed by atoms with Crippen molar-refractivity contribution in [2.24, 2.45) is 0 Å². The van der Waals surface area contributed by atoms with Gasteiger partial charge in [0.2, 0.25) is 0 Å². The Morgan fingerprint density at radius 1 is 1.26 bits per heavy atom. The van der Waals surface area contributed by atoms with Crippen LogP contribution in [-0.2, 0) is 9.53 Å². The molecule has 0 bridgehead atoms. The van der Waals surface area contributed by atoms with Crippen LogP contribution in [0.25, 0.3) is 0 Å². The van der Waals surface area contributed by atoms with Gasteiger partial charge in [0, 0.05) is 0 Å². The van der Waals surface area contributed by atoms with Crippen LogP contribution in [0.3, 0.4) is 0 Å². The van der Waals surface area contributed by atoms with Gasteiger partial charge in [-0.2, -0.15) is 10.5 Å². The molecule has 0 saturated heterocycles. The van der Waals surface area contributed by atoms with Crippen LogP contribution in [0.15, 0.2) is 35.7 Å². The molecule has 1 atom stereocenters. The van der Waals surface area contributed by atoms with Crippen LogP contribution in [0.4, 0.5) is 5.00 Å². The molecule has 0 fully saturated rings. The van der Waals surface area contributed by atoms with Gasteiger partial charge in [0.25, 0.3) is 5.91 Å². The molecular weight excluding hydrogens is 314 g/mol. The quantitative estimate of drug-likeness (QED) is 0.870. The standard InChI is InChI=1S/C16H11N3O3S/c1-10(14(20)19-15-13(9-18)5-6-23-15)22-16(21)12-4-2-3-11(7-12)8-17/h2-7,10H,1H3,(H,19,20)/t10-/m0/s1. The highest BCUT2D eigenvalue weighted by molar-refractivity contribution is 7.14. The largest absolute Gasteiger partial charge is 0.449 e. The van der Waals surface area contributed by atoms with Crippen LogP contribution in [-0.4, -0.2) is 18.0 Å². The topological polar surface area (TPSA) is 103 Å². The smallest absolute Gasteiger partial charge is 0.338 e. The molecule has 1 amide bonds. The number of rotatable bonds is 4. The van der Waals surface area contributed by atoms with Crippen LogP contribution in [0.2, 0.25) is 0 Å². The fourth-order valence-corrected chi connectivity index (χ4v) is 2.45. The van der Waals surface area contributed by atoms with Gasteiger partial charge >= 0.3 is 5.97 Å². The molecule has 0 aliphatic heterocycles. The van der Waals surface area contributed by atoms with Crippen molar-refractivity contribution >= 4 is 28.2 Å². The maximum atomic E-state index is 12.0. The summed E-state index contributed by atoms with van der Waals surface area (Å²) >= 11 is 1.21.